The standard InChI is InChI=1S/C13H16N2O2S2/c1-4-17-13(16)11-9(3)15-19-12(11)14-7-10-8(2)5-6-18-10/h5-6,14H,4,7H2,1-3H3. The lowest BCUT2D eigenvalue weighted by molar-refractivity contribution is 0.0527. The lowest BCUT2D eigenvalue weighted by Crippen LogP contribution is -2.09. The van der Waals surface area contributed by atoms with E-state index in [9.17, 15) is 4.79 Å². The maximum Gasteiger partial charge on any atom is 0.343 e. The molecule has 0 bridgehead atoms. The molecule has 6 heteroatoms. The van der Waals surface area contributed by atoms with E-state index in [1.54, 1.807) is 18.3 Å². The molecule has 0 radical (unpaired) electrons. The molecule has 19 heavy (non-hydrogen) atoms. The summed E-state index contributed by atoms with van der Waals surface area (Å²) in [5.74, 6) is -0.306. The monoisotopic (exact) mass is 296 g/mol. The SMILES string of the molecule is CCOC(=O)c1c(C)nsc1NCc1sccc1C. The van der Waals surface area contributed by atoms with Crippen LogP contribution in [0.4, 0.5) is 5.00 Å². The van der Waals surface area contributed by atoms with Crippen molar-refractivity contribution in [2.75, 3.05) is 11.9 Å². The third-order valence-corrected chi connectivity index (χ3v) is 4.64. The first kappa shape index (κ1) is 14.0. The second kappa shape index (κ2) is 6.16. The molecule has 0 atom stereocenters. The Morgan fingerprint density at radius 3 is 2.89 bits per heavy atom. The largest absolute Gasteiger partial charge is 0.462 e. The fourth-order valence-corrected chi connectivity index (χ4v) is 3.30. The van der Waals surface area contributed by atoms with Crippen molar-refractivity contribution in [3.8, 4) is 0 Å². The van der Waals surface area contributed by atoms with Crippen LogP contribution in [0, 0.1) is 13.8 Å². The molecule has 0 fully saturated rings. The molecule has 102 valence electrons. The number of carbonyl (C=O) groups excluding carboxylic acids is 1. The lowest BCUT2D eigenvalue weighted by Gasteiger charge is -2.06. The van der Waals surface area contributed by atoms with Crippen molar-refractivity contribution >= 4 is 33.8 Å². The van der Waals surface area contributed by atoms with Gasteiger partial charge in [0.1, 0.15) is 10.6 Å². The molecule has 4 nitrogen and oxygen atoms in total. The smallest absolute Gasteiger partial charge is 0.343 e. The van der Waals surface area contributed by atoms with Gasteiger partial charge in [0, 0.05) is 4.88 Å². The number of hydrogen-bond acceptors (Lipinski definition) is 6. The van der Waals surface area contributed by atoms with Crippen molar-refractivity contribution in [2.24, 2.45) is 0 Å². The molecular weight excluding hydrogens is 280 g/mol. The normalized spacial score (nSPS) is 10.5. The number of rotatable bonds is 5. The van der Waals surface area contributed by atoms with E-state index in [1.165, 1.54) is 22.0 Å². The molecule has 0 saturated heterocycles. The summed E-state index contributed by atoms with van der Waals surface area (Å²) < 4.78 is 9.28. The Morgan fingerprint density at radius 1 is 1.47 bits per heavy atom. The number of nitrogens with zero attached hydrogens (tertiary/aromatic N) is 1. The van der Waals surface area contributed by atoms with Crippen LogP contribution in [0.2, 0.25) is 0 Å². The zero-order valence-corrected chi connectivity index (χ0v) is 12.8. The molecule has 2 rings (SSSR count). The molecule has 0 aromatic carbocycles. The van der Waals surface area contributed by atoms with Crippen LogP contribution in [0.5, 0.6) is 0 Å². The van der Waals surface area contributed by atoms with Gasteiger partial charge in [0.05, 0.1) is 18.8 Å². The summed E-state index contributed by atoms with van der Waals surface area (Å²) in [6.45, 7) is 6.78. The maximum absolute atomic E-state index is 11.9. The molecule has 2 aromatic rings. The summed E-state index contributed by atoms with van der Waals surface area (Å²) in [4.78, 5) is 13.1. The average Bonchev–Trinajstić information content (AvgIpc) is 2.93. The van der Waals surface area contributed by atoms with Gasteiger partial charge in [0.15, 0.2) is 0 Å². The summed E-state index contributed by atoms with van der Waals surface area (Å²) in [5, 5.41) is 6.13. The number of ether oxygens (including phenoxy) is 1. The Labute approximate surface area is 120 Å². The Kier molecular flexibility index (Phi) is 4.55. The minimum atomic E-state index is -0.306. The molecule has 0 aliphatic heterocycles. The predicted molar refractivity (Wildman–Crippen MR) is 79.2 cm³/mol. The van der Waals surface area contributed by atoms with Crippen molar-refractivity contribution in [1.82, 2.24) is 4.37 Å². The summed E-state index contributed by atoms with van der Waals surface area (Å²) in [6, 6.07) is 2.09. The molecule has 0 aliphatic carbocycles. The number of aromatic nitrogens is 1. The summed E-state index contributed by atoms with van der Waals surface area (Å²) in [7, 11) is 0. The van der Waals surface area contributed by atoms with Crippen molar-refractivity contribution in [2.45, 2.75) is 27.3 Å². The van der Waals surface area contributed by atoms with Crippen molar-refractivity contribution < 1.29 is 9.53 Å². The summed E-state index contributed by atoms with van der Waals surface area (Å²) in [5.41, 5.74) is 2.53. The number of carbonyl (C=O) groups is 1. The molecular formula is C13H16N2O2S2. The quantitative estimate of drug-likeness (QED) is 0.856. The number of nitrogens with one attached hydrogen (secondary N) is 1. The van der Waals surface area contributed by atoms with E-state index in [1.807, 2.05) is 6.92 Å². The van der Waals surface area contributed by atoms with Crippen molar-refractivity contribution in [3.63, 3.8) is 0 Å². The maximum atomic E-state index is 11.9. The van der Waals surface area contributed by atoms with Gasteiger partial charge in [0.2, 0.25) is 0 Å². The van der Waals surface area contributed by atoms with Crippen LogP contribution < -0.4 is 5.32 Å². The first-order valence-electron chi connectivity index (χ1n) is 6.03. The van der Waals surface area contributed by atoms with E-state index < -0.39 is 0 Å². The molecule has 0 amide bonds. The van der Waals surface area contributed by atoms with Crippen molar-refractivity contribution in [1.29, 1.82) is 0 Å². The van der Waals surface area contributed by atoms with Crippen LogP contribution in [-0.2, 0) is 11.3 Å². The van der Waals surface area contributed by atoms with Gasteiger partial charge in [-0.25, -0.2) is 4.79 Å². The highest BCUT2D eigenvalue weighted by atomic mass is 32.1. The van der Waals surface area contributed by atoms with Gasteiger partial charge in [-0.05, 0) is 49.3 Å². The number of aryl methyl sites for hydroxylation is 2. The minimum absolute atomic E-state index is 0.306. The van der Waals surface area contributed by atoms with Gasteiger partial charge in [0.25, 0.3) is 0 Å². The molecule has 1 N–H and O–H groups in total. The highest BCUT2D eigenvalue weighted by Crippen LogP contribution is 2.27. The molecule has 0 saturated carbocycles. The zero-order chi connectivity index (χ0) is 13.8. The van der Waals surface area contributed by atoms with Gasteiger partial charge in [-0.1, -0.05) is 0 Å². The average molecular weight is 296 g/mol. The third kappa shape index (κ3) is 3.13. The summed E-state index contributed by atoms with van der Waals surface area (Å²) >= 11 is 3.01. The second-order valence-corrected chi connectivity index (χ2v) is 5.85. The molecule has 2 aromatic heterocycles. The van der Waals surface area contributed by atoms with E-state index in [2.05, 4.69) is 28.1 Å². The lowest BCUT2D eigenvalue weighted by atomic mass is 10.2. The van der Waals surface area contributed by atoms with Gasteiger partial charge in [-0.3, -0.25) is 0 Å². The van der Waals surface area contributed by atoms with Crippen LogP contribution in [0.1, 0.15) is 33.4 Å². The van der Waals surface area contributed by atoms with Gasteiger partial charge in [-0.15, -0.1) is 11.3 Å². The van der Waals surface area contributed by atoms with Gasteiger partial charge >= 0.3 is 5.97 Å². The fraction of sp³-hybridized carbons (Fsp3) is 0.385. The van der Waals surface area contributed by atoms with E-state index in [4.69, 9.17) is 4.74 Å². The molecule has 0 aliphatic rings. The highest BCUT2D eigenvalue weighted by Gasteiger charge is 2.19. The van der Waals surface area contributed by atoms with Crippen LogP contribution >= 0.6 is 22.9 Å². The van der Waals surface area contributed by atoms with E-state index in [0.717, 1.165) is 5.00 Å². The number of esters is 1. The Bertz CT molecular complexity index is 575. The Morgan fingerprint density at radius 2 is 2.26 bits per heavy atom. The third-order valence-electron chi connectivity index (χ3n) is 2.72. The Hall–Kier alpha value is -1.40. The van der Waals surface area contributed by atoms with Crippen LogP contribution in [0.25, 0.3) is 0 Å². The van der Waals surface area contributed by atoms with Crippen LogP contribution in [0.3, 0.4) is 0 Å². The molecule has 0 spiro atoms. The van der Waals surface area contributed by atoms with E-state index in [0.29, 0.717) is 24.4 Å². The van der Waals surface area contributed by atoms with E-state index in [-0.39, 0.29) is 5.97 Å². The fourth-order valence-electron chi connectivity index (χ4n) is 1.68. The van der Waals surface area contributed by atoms with Crippen LogP contribution in [-0.4, -0.2) is 16.9 Å². The van der Waals surface area contributed by atoms with Gasteiger partial charge < -0.3 is 10.1 Å². The number of hydrogen-bond donors (Lipinski definition) is 1. The predicted octanol–water partition coefficient (Wildman–Crippen LogP) is 3.61. The summed E-state index contributed by atoms with van der Waals surface area (Å²) in [6.07, 6.45) is 0. The second-order valence-electron chi connectivity index (χ2n) is 4.07. The number of anilines is 1. The molecule has 2 heterocycles. The molecule has 0 unspecified atom stereocenters. The zero-order valence-electron chi connectivity index (χ0n) is 11.1. The van der Waals surface area contributed by atoms with Gasteiger partial charge in [-0.2, -0.15) is 4.37 Å². The first-order chi connectivity index (χ1) is 9.13. The van der Waals surface area contributed by atoms with Crippen molar-refractivity contribution in [3.05, 3.63) is 33.1 Å². The first-order valence-corrected chi connectivity index (χ1v) is 7.69. The Balaban J connectivity index is 2.13. The topological polar surface area (TPSA) is 51.2 Å². The highest BCUT2D eigenvalue weighted by molar-refractivity contribution is 7.11. The minimum Gasteiger partial charge on any atom is -0.462 e. The van der Waals surface area contributed by atoms with Crippen LogP contribution in [0.15, 0.2) is 11.4 Å². The van der Waals surface area contributed by atoms with E-state index >= 15 is 0 Å². The number of thiophene rings is 1.